The van der Waals surface area contributed by atoms with Crippen molar-refractivity contribution in [2.45, 2.75) is 13.5 Å². The highest BCUT2D eigenvalue weighted by Crippen LogP contribution is 2.29. The Labute approximate surface area is 218 Å². The van der Waals surface area contributed by atoms with Crippen molar-refractivity contribution in [1.29, 1.82) is 0 Å². The number of methoxy groups -OCH3 is 1. The Hall–Kier alpha value is -4.63. The number of hydrogen-bond acceptors (Lipinski definition) is 6. The maximum atomic E-state index is 13.3. The number of carbonyl (C=O) groups excluding carboxylic acids is 4. The number of nitrogens with zero attached hydrogens (tertiary/aromatic N) is 2. The fraction of sp³-hybridized carbons (Fsp3) is 0.107. The second-order valence-electron chi connectivity index (χ2n) is 8.61. The van der Waals surface area contributed by atoms with Crippen LogP contribution in [0.15, 0.2) is 72.3 Å². The second-order valence-corrected chi connectivity index (χ2v) is 9.00. The lowest BCUT2D eigenvalue weighted by Gasteiger charge is -2.29. The SMILES string of the molecule is COc1ccc(C=C2C(=O)NC(=S)N(c3cccc(C)c3)C2=O)cc1CN1C(=O)c2ccccc2C1=O. The molecule has 3 aromatic carbocycles. The van der Waals surface area contributed by atoms with Gasteiger partial charge in [0.2, 0.25) is 0 Å². The summed E-state index contributed by atoms with van der Waals surface area (Å²) in [5.41, 5.74) is 3.13. The molecule has 0 radical (unpaired) electrons. The third kappa shape index (κ3) is 4.30. The molecule has 0 bridgehead atoms. The molecule has 0 saturated carbocycles. The summed E-state index contributed by atoms with van der Waals surface area (Å²) in [5.74, 6) is -1.50. The lowest BCUT2D eigenvalue weighted by atomic mass is 10.0. The normalized spacial score (nSPS) is 16.4. The van der Waals surface area contributed by atoms with Gasteiger partial charge in [-0.05, 0) is 72.7 Å². The number of imide groups is 1. The quantitative estimate of drug-likeness (QED) is 0.243. The van der Waals surface area contributed by atoms with Gasteiger partial charge in [0, 0.05) is 5.56 Å². The first-order chi connectivity index (χ1) is 17.8. The van der Waals surface area contributed by atoms with E-state index in [1.165, 1.54) is 18.1 Å². The Morgan fingerprint density at radius 3 is 2.24 bits per heavy atom. The van der Waals surface area contributed by atoms with Crippen molar-refractivity contribution in [3.63, 3.8) is 0 Å². The van der Waals surface area contributed by atoms with Gasteiger partial charge in [-0.2, -0.15) is 0 Å². The molecule has 184 valence electrons. The molecule has 3 aromatic rings. The molecule has 8 nitrogen and oxygen atoms in total. The largest absolute Gasteiger partial charge is 0.496 e. The number of amides is 4. The van der Waals surface area contributed by atoms with E-state index in [2.05, 4.69) is 5.32 Å². The van der Waals surface area contributed by atoms with Crippen LogP contribution in [0.25, 0.3) is 6.08 Å². The average molecular weight is 512 g/mol. The molecule has 0 spiro atoms. The van der Waals surface area contributed by atoms with Gasteiger partial charge in [0.25, 0.3) is 23.6 Å². The van der Waals surface area contributed by atoms with Crippen molar-refractivity contribution in [2.24, 2.45) is 0 Å². The zero-order valence-corrected chi connectivity index (χ0v) is 20.8. The number of benzene rings is 3. The average Bonchev–Trinajstić information content (AvgIpc) is 3.11. The van der Waals surface area contributed by atoms with Crippen LogP contribution in [0.4, 0.5) is 5.69 Å². The van der Waals surface area contributed by atoms with Gasteiger partial charge in [0.15, 0.2) is 5.11 Å². The van der Waals surface area contributed by atoms with Crippen molar-refractivity contribution in [3.05, 3.63) is 100 Å². The first kappa shape index (κ1) is 24.1. The molecule has 2 aliphatic heterocycles. The summed E-state index contributed by atoms with van der Waals surface area (Å²) < 4.78 is 5.45. The number of ether oxygens (including phenoxy) is 1. The first-order valence-electron chi connectivity index (χ1n) is 11.4. The molecule has 9 heteroatoms. The van der Waals surface area contributed by atoms with Crippen molar-refractivity contribution in [1.82, 2.24) is 10.2 Å². The summed E-state index contributed by atoms with van der Waals surface area (Å²) in [6, 6.07) is 18.9. The number of thiocarbonyl (C=S) groups is 1. The summed E-state index contributed by atoms with van der Waals surface area (Å²) in [5, 5.41) is 2.57. The van der Waals surface area contributed by atoms with E-state index in [0.717, 1.165) is 10.5 Å². The Morgan fingerprint density at radius 2 is 1.59 bits per heavy atom. The number of nitrogens with one attached hydrogen (secondary N) is 1. The van der Waals surface area contributed by atoms with Gasteiger partial charge in [-0.1, -0.05) is 30.3 Å². The van der Waals surface area contributed by atoms with Crippen LogP contribution in [0, 0.1) is 6.92 Å². The fourth-order valence-electron chi connectivity index (χ4n) is 4.39. The Morgan fingerprint density at radius 1 is 0.892 bits per heavy atom. The molecule has 1 saturated heterocycles. The molecule has 4 amide bonds. The van der Waals surface area contributed by atoms with E-state index in [4.69, 9.17) is 17.0 Å². The maximum Gasteiger partial charge on any atom is 0.270 e. The van der Waals surface area contributed by atoms with E-state index in [1.54, 1.807) is 60.7 Å². The standard InChI is InChI=1S/C28H21N3O5S/c1-16-6-5-7-19(12-16)31-27(35)22(24(32)29-28(31)37)14-17-10-11-23(36-2)18(13-17)15-30-25(33)20-8-3-4-9-21(20)26(30)34/h3-14H,15H2,1-2H3,(H,29,32,37). The van der Waals surface area contributed by atoms with Gasteiger partial charge in [-0.15, -0.1) is 0 Å². The van der Waals surface area contributed by atoms with E-state index in [0.29, 0.717) is 33.7 Å². The smallest absolute Gasteiger partial charge is 0.270 e. The van der Waals surface area contributed by atoms with Crippen LogP contribution in [0.1, 0.15) is 37.4 Å². The summed E-state index contributed by atoms with van der Waals surface area (Å²) in [6.07, 6.45) is 1.45. The number of aryl methyl sites for hydroxylation is 1. The molecule has 0 atom stereocenters. The van der Waals surface area contributed by atoms with Crippen LogP contribution in [0.5, 0.6) is 5.75 Å². The zero-order chi connectivity index (χ0) is 26.3. The highest BCUT2D eigenvalue weighted by molar-refractivity contribution is 7.80. The lowest BCUT2D eigenvalue weighted by Crippen LogP contribution is -2.54. The Kier molecular flexibility index (Phi) is 6.14. The van der Waals surface area contributed by atoms with Crippen LogP contribution in [-0.4, -0.2) is 40.8 Å². The zero-order valence-electron chi connectivity index (χ0n) is 20.0. The van der Waals surface area contributed by atoms with E-state index in [9.17, 15) is 19.2 Å². The number of anilines is 1. The highest BCUT2D eigenvalue weighted by Gasteiger charge is 2.36. The summed E-state index contributed by atoms with van der Waals surface area (Å²) >= 11 is 5.27. The maximum absolute atomic E-state index is 13.3. The molecule has 0 unspecified atom stereocenters. The van der Waals surface area contributed by atoms with Crippen LogP contribution in [0.3, 0.4) is 0 Å². The number of hydrogen-bond donors (Lipinski definition) is 1. The summed E-state index contributed by atoms with van der Waals surface area (Å²) in [7, 11) is 1.48. The highest BCUT2D eigenvalue weighted by atomic mass is 32.1. The third-order valence-corrected chi connectivity index (χ3v) is 6.47. The van der Waals surface area contributed by atoms with E-state index in [-0.39, 0.29) is 17.2 Å². The van der Waals surface area contributed by atoms with Crippen molar-refractivity contribution >= 4 is 52.7 Å². The number of carbonyl (C=O) groups is 4. The second kappa shape index (κ2) is 9.44. The van der Waals surface area contributed by atoms with E-state index in [1.807, 2.05) is 13.0 Å². The van der Waals surface area contributed by atoms with Gasteiger partial charge >= 0.3 is 0 Å². The predicted molar refractivity (Wildman–Crippen MR) is 141 cm³/mol. The predicted octanol–water partition coefficient (Wildman–Crippen LogP) is 3.63. The van der Waals surface area contributed by atoms with E-state index < -0.39 is 23.6 Å². The Balaban J connectivity index is 1.48. The topological polar surface area (TPSA) is 96.0 Å². The van der Waals surface area contributed by atoms with E-state index >= 15 is 0 Å². The monoisotopic (exact) mass is 511 g/mol. The molecule has 2 aliphatic rings. The minimum absolute atomic E-state index is 0.00112. The van der Waals surface area contributed by atoms with Crippen molar-refractivity contribution < 1.29 is 23.9 Å². The minimum atomic E-state index is -0.614. The first-order valence-corrected chi connectivity index (χ1v) is 11.8. The van der Waals surface area contributed by atoms with Crippen LogP contribution in [0.2, 0.25) is 0 Å². The number of fused-ring (bicyclic) bond motifs is 1. The molecule has 1 fully saturated rings. The number of rotatable bonds is 5. The molecule has 0 aromatic heterocycles. The molecule has 0 aliphatic carbocycles. The molecule has 2 heterocycles. The fourth-order valence-corrected chi connectivity index (χ4v) is 4.67. The molecule has 37 heavy (non-hydrogen) atoms. The van der Waals surface area contributed by atoms with Gasteiger partial charge < -0.3 is 4.74 Å². The van der Waals surface area contributed by atoms with Crippen molar-refractivity contribution in [3.8, 4) is 5.75 Å². The molecular weight excluding hydrogens is 490 g/mol. The third-order valence-electron chi connectivity index (χ3n) is 6.18. The van der Waals surface area contributed by atoms with Gasteiger partial charge in [0.05, 0.1) is 30.5 Å². The minimum Gasteiger partial charge on any atom is -0.496 e. The van der Waals surface area contributed by atoms with Crippen molar-refractivity contribution in [2.75, 3.05) is 12.0 Å². The van der Waals surface area contributed by atoms with Gasteiger partial charge in [-0.3, -0.25) is 34.3 Å². The lowest BCUT2D eigenvalue weighted by molar-refractivity contribution is -0.122. The van der Waals surface area contributed by atoms with Crippen LogP contribution >= 0.6 is 12.2 Å². The molecule has 1 N–H and O–H groups in total. The van der Waals surface area contributed by atoms with Crippen LogP contribution in [-0.2, 0) is 16.1 Å². The van der Waals surface area contributed by atoms with Gasteiger partial charge in [0.1, 0.15) is 11.3 Å². The van der Waals surface area contributed by atoms with Gasteiger partial charge in [-0.25, -0.2) is 0 Å². The molecule has 5 rings (SSSR count). The summed E-state index contributed by atoms with van der Waals surface area (Å²) in [6.45, 7) is 1.86. The summed E-state index contributed by atoms with van der Waals surface area (Å²) in [4.78, 5) is 54.2. The van der Waals surface area contributed by atoms with Crippen LogP contribution < -0.4 is 15.0 Å². The Bertz CT molecular complexity index is 1510. The molecular formula is C28H21N3O5S.